The van der Waals surface area contributed by atoms with Crippen molar-refractivity contribution >= 4 is 35.1 Å². The van der Waals surface area contributed by atoms with Crippen molar-refractivity contribution in [3.8, 4) is 5.75 Å². The summed E-state index contributed by atoms with van der Waals surface area (Å²) in [4.78, 5) is 30.7. The molecule has 1 amide bonds. The van der Waals surface area contributed by atoms with Crippen LogP contribution < -0.4 is 43.4 Å². The lowest BCUT2D eigenvalue weighted by Crippen LogP contribution is -2.54. The zero-order valence-corrected chi connectivity index (χ0v) is 22.5. The highest BCUT2D eigenvalue weighted by Crippen LogP contribution is 2.25. The number of phenolic OH excluding ortho intramolecular Hbond substituents is 1. The summed E-state index contributed by atoms with van der Waals surface area (Å²) in [6.45, 7) is 4.19. The number of hydrogen-bond donors (Lipinski definition) is 7. The van der Waals surface area contributed by atoms with Crippen molar-refractivity contribution in [1.82, 2.24) is 15.0 Å². The van der Waals surface area contributed by atoms with Gasteiger partial charge in [0.05, 0.1) is 5.56 Å². The van der Waals surface area contributed by atoms with E-state index in [1.807, 2.05) is 16.7 Å². The predicted octanol–water partition coefficient (Wildman–Crippen LogP) is 0.611. The number of piperidine rings is 2. The lowest BCUT2D eigenvalue weighted by Gasteiger charge is -2.37. The molecule has 40 heavy (non-hydrogen) atoms. The van der Waals surface area contributed by atoms with E-state index in [0.717, 1.165) is 18.4 Å². The van der Waals surface area contributed by atoms with E-state index < -0.39 is 5.91 Å². The molecule has 0 radical (unpaired) electrons. The Morgan fingerprint density at radius 2 is 1.30 bits per heavy atom. The van der Waals surface area contributed by atoms with Gasteiger partial charge in [0, 0.05) is 61.7 Å². The van der Waals surface area contributed by atoms with Crippen molar-refractivity contribution in [2.24, 2.45) is 22.9 Å². The van der Waals surface area contributed by atoms with Crippen molar-refractivity contribution in [2.75, 3.05) is 46.6 Å². The van der Waals surface area contributed by atoms with Crippen LogP contribution in [0.3, 0.4) is 0 Å². The van der Waals surface area contributed by atoms with Crippen LogP contribution in [0, 0.1) is 6.92 Å². The van der Waals surface area contributed by atoms with E-state index in [9.17, 15) is 9.90 Å². The van der Waals surface area contributed by atoms with Gasteiger partial charge in [-0.15, -0.1) is 0 Å². The number of aromatic hydroxyl groups is 1. The largest absolute Gasteiger partial charge is 0.507 e. The van der Waals surface area contributed by atoms with Crippen LogP contribution >= 0.6 is 0 Å². The lowest BCUT2D eigenvalue weighted by molar-refractivity contribution is 0.102. The van der Waals surface area contributed by atoms with Gasteiger partial charge in [-0.3, -0.25) is 4.79 Å². The molecule has 0 aliphatic carbocycles. The molecule has 3 heterocycles. The number of anilines is 5. The van der Waals surface area contributed by atoms with Gasteiger partial charge in [0.15, 0.2) is 0 Å². The quantitative estimate of drug-likeness (QED) is 0.226. The summed E-state index contributed by atoms with van der Waals surface area (Å²) in [5, 5.41) is 16.1. The maximum Gasteiger partial charge on any atom is 0.259 e. The molecule has 2 aliphatic heterocycles. The highest BCUT2D eigenvalue weighted by molar-refractivity contribution is 6.06. The van der Waals surface area contributed by atoms with Crippen molar-refractivity contribution < 1.29 is 9.90 Å². The SMILES string of the molecule is Cc1ccc(O)c(C(=O)Nc2ccc(Nc3nc(N4C[C@H](N)C[C@H](N)C4)nc(N4C[C@H](N)C[C@H](N)C4)n3)cc2)c1. The van der Waals surface area contributed by atoms with Crippen molar-refractivity contribution in [2.45, 2.75) is 43.9 Å². The van der Waals surface area contributed by atoms with Gasteiger partial charge in [0.1, 0.15) is 5.75 Å². The Kier molecular flexibility index (Phi) is 7.98. The number of nitrogens with zero attached hydrogens (tertiary/aromatic N) is 5. The molecule has 13 nitrogen and oxygen atoms in total. The number of aromatic nitrogens is 3. The normalized spacial score (nSPS) is 23.1. The third-order valence-corrected chi connectivity index (χ3v) is 7.00. The summed E-state index contributed by atoms with van der Waals surface area (Å²) >= 11 is 0. The Bertz CT molecular complexity index is 1290. The molecule has 13 heteroatoms. The number of nitrogens with one attached hydrogen (secondary N) is 2. The molecule has 0 spiro atoms. The van der Waals surface area contributed by atoms with Crippen LogP contribution in [0.4, 0.5) is 29.2 Å². The average molecular weight is 548 g/mol. The van der Waals surface area contributed by atoms with Crippen LogP contribution in [-0.4, -0.2) is 76.3 Å². The van der Waals surface area contributed by atoms with E-state index in [2.05, 4.69) is 20.6 Å². The van der Waals surface area contributed by atoms with Crippen molar-refractivity contribution in [3.05, 3.63) is 53.6 Å². The first kappa shape index (κ1) is 27.5. The molecule has 2 aromatic carbocycles. The van der Waals surface area contributed by atoms with E-state index >= 15 is 0 Å². The maximum absolute atomic E-state index is 12.7. The van der Waals surface area contributed by atoms with Crippen LogP contribution in [-0.2, 0) is 0 Å². The molecule has 2 fully saturated rings. The van der Waals surface area contributed by atoms with Crippen LogP contribution in [0.25, 0.3) is 0 Å². The minimum atomic E-state index is -0.399. The summed E-state index contributed by atoms with van der Waals surface area (Å²) < 4.78 is 0. The molecule has 212 valence electrons. The monoisotopic (exact) mass is 547 g/mol. The fourth-order valence-corrected chi connectivity index (χ4v) is 5.17. The second kappa shape index (κ2) is 11.6. The summed E-state index contributed by atoms with van der Waals surface area (Å²) in [5.74, 6) is 0.834. The fraction of sp³-hybridized carbons (Fsp3) is 0.407. The Labute approximate surface area is 233 Å². The van der Waals surface area contributed by atoms with Crippen molar-refractivity contribution in [1.29, 1.82) is 0 Å². The average Bonchev–Trinajstić information content (AvgIpc) is 2.90. The minimum absolute atomic E-state index is 0.0749. The number of phenols is 1. The first-order valence-electron chi connectivity index (χ1n) is 13.4. The van der Waals surface area contributed by atoms with Crippen molar-refractivity contribution in [3.63, 3.8) is 0 Å². The second-order valence-electron chi connectivity index (χ2n) is 10.8. The van der Waals surface area contributed by atoms with Crippen LogP contribution in [0.5, 0.6) is 5.75 Å². The molecular formula is C27H37N11O2. The molecule has 0 bridgehead atoms. The maximum atomic E-state index is 12.7. The Morgan fingerprint density at radius 3 is 1.82 bits per heavy atom. The van der Waals surface area contributed by atoms with E-state index in [1.165, 1.54) is 6.07 Å². The Balaban J connectivity index is 1.36. The van der Waals surface area contributed by atoms with Gasteiger partial charge in [-0.1, -0.05) is 11.6 Å². The van der Waals surface area contributed by atoms with E-state index in [-0.39, 0.29) is 35.5 Å². The molecule has 4 atom stereocenters. The summed E-state index contributed by atoms with van der Waals surface area (Å²) in [6.07, 6.45) is 1.48. The fourth-order valence-electron chi connectivity index (χ4n) is 5.17. The number of carbonyl (C=O) groups is 1. The molecule has 11 N–H and O–H groups in total. The van der Waals surface area contributed by atoms with E-state index in [1.54, 1.807) is 36.4 Å². The third-order valence-electron chi connectivity index (χ3n) is 7.00. The standard InChI is InChI=1S/C27H37N11O2/c1-15-2-7-23(39)22(8-15)24(40)32-20-3-5-21(6-4-20)33-25-34-26(37-11-16(28)9-17(29)12-37)36-27(35-25)38-13-18(30)10-19(31)14-38/h2-8,16-19,39H,9-14,28-31H2,1H3,(H,32,40)(H,33,34,35,36)/t16-,17+,18-,19+. The van der Waals surface area contributed by atoms with Gasteiger partial charge in [-0.2, -0.15) is 15.0 Å². The predicted molar refractivity (Wildman–Crippen MR) is 156 cm³/mol. The molecule has 2 aliphatic rings. The highest BCUT2D eigenvalue weighted by Gasteiger charge is 2.28. The molecule has 3 aromatic rings. The highest BCUT2D eigenvalue weighted by atomic mass is 16.3. The summed E-state index contributed by atoms with van der Waals surface area (Å²) in [6, 6.07) is 11.7. The number of hydrogen-bond acceptors (Lipinski definition) is 12. The number of nitrogens with two attached hydrogens (primary N) is 4. The number of benzene rings is 2. The number of rotatable bonds is 6. The Morgan fingerprint density at radius 1 is 0.800 bits per heavy atom. The number of aryl methyl sites for hydroxylation is 1. The van der Waals surface area contributed by atoms with Gasteiger partial charge in [-0.05, 0) is 56.2 Å². The molecule has 0 unspecified atom stereocenters. The van der Waals surface area contributed by atoms with Gasteiger partial charge < -0.3 is 48.5 Å². The first-order chi connectivity index (χ1) is 19.1. The summed E-state index contributed by atoms with van der Waals surface area (Å²) in [5.41, 5.74) is 27.3. The number of amides is 1. The van der Waals surface area contributed by atoms with Gasteiger partial charge >= 0.3 is 0 Å². The minimum Gasteiger partial charge on any atom is -0.507 e. The summed E-state index contributed by atoms with van der Waals surface area (Å²) in [7, 11) is 0. The van der Waals surface area contributed by atoms with Crippen LogP contribution in [0.15, 0.2) is 42.5 Å². The second-order valence-corrected chi connectivity index (χ2v) is 10.8. The lowest BCUT2D eigenvalue weighted by atomic mass is 10.0. The zero-order chi connectivity index (χ0) is 28.4. The van der Waals surface area contributed by atoms with Gasteiger partial charge in [0.2, 0.25) is 17.8 Å². The Hall–Kier alpha value is -4.04. The van der Waals surface area contributed by atoms with E-state index in [0.29, 0.717) is 55.4 Å². The third kappa shape index (κ3) is 6.57. The van der Waals surface area contributed by atoms with Crippen LogP contribution in [0.2, 0.25) is 0 Å². The zero-order valence-electron chi connectivity index (χ0n) is 22.5. The van der Waals surface area contributed by atoms with Gasteiger partial charge in [-0.25, -0.2) is 0 Å². The van der Waals surface area contributed by atoms with E-state index in [4.69, 9.17) is 27.9 Å². The molecular weight excluding hydrogens is 510 g/mol. The first-order valence-corrected chi connectivity index (χ1v) is 13.4. The molecule has 5 rings (SSSR count). The topological polar surface area (TPSA) is 211 Å². The number of carbonyl (C=O) groups excluding carboxylic acids is 1. The smallest absolute Gasteiger partial charge is 0.259 e. The molecule has 0 saturated carbocycles. The molecule has 2 saturated heterocycles. The van der Waals surface area contributed by atoms with Crippen LogP contribution in [0.1, 0.15) is 28.8 Å². The van der Waals surface area contributed by atoms with Gasteiger partial charge in [0.25, 0.3) is 5.91 Å². The molecule has 1 aromatic heterocycles.